The van der Waals surface area contributed by atoms with Crippen molar-refractivity contribution < 1.29 is 27.5 Å². The van der Waals surface area contributed by atoms with Crippen molar-refractivity contribution in [2.24, 2.45) is 0 Å². The van der Waals surface area contributed by atoms with E-state index in [0.29, 0.717) is 0 Å². The molecule has 0 unspecified atom stereocenters. The molecule has 3 rings (SSSR count). The molecule has 6 heteroatoms. The quantitative estimate of drug-likeness (QED) is 0.728. The van der Waals surface area contributed by atoms with E-state index in [1.54, 1.807) is 12.1 Å². The summed E-state index contributed by atoms with van der Waals surface area (Å²) in [5.41, 5.74) is -1.62. The van der Waals surface area contributed by atoms with Gasteiger partial charge in [-0.1, -0.05) is 48.5 Å². The van der Waals surface area contributed by atoms with Gasteiger partial charge in [-0.25, -0.2) is 0 Å². The number of allylic oxidation sites excluding steroid dienone is 5. The lowest BCUT2D eigenvalue weighted by Gasteiger charge is -2.18. The smallest absolute Gasteiger partial charge is 0.420 e. The summed E-state index contributed by atoms with van der Waals surface area (Å²) >= 11 is 0. The molecule has 0 atom stereocenters. The fourth-order valence-corrected chi connectivity index (χ4v) is 2.96. The molecule has 0 N–H and O–H groups in total. The van der Waals surface area contributed by atoms with Crippen LogP contribution in [0.5, 0.6) is 5.75 Å². The highest BCUT2D eigenvalue weighted by Crippen LogP contribution is 2.39. The number of carbonyl (C=O) groups is 2. The van der Waals surface area contributed by atoms with Crippen molar-refractivity contribution in [3.63, 3.8) is 0 Å². The number of ether oxygens (including phenoxy) is 1. The maximum absolute atomic E-state index is 14.0. The second-order valence-electron chi connectivity index (χ2n) is 5.97. The molecule has 0 saturated carbocycles. The summed E-state index contributed by atoms with van der Waals surface area (Å²) < 4.78 is 47.3. The van der Waals surface area contributed by atoms with Crippen LogP contribution < -0.4 is 4.74 Å². The van der Waals surface area contributed by atoms with Crippen molar-refractivity contribution in [3.8, 4) is 5.75 Å². The van der Waals surface area contributed by atoms with Gasteiger partial charge >= 0.3 is 6.18 Å². The molecule has 28 heavy (non-hydrogen) atoms. The second kappa shape index (κ2) is 7.68. The van der Waals surface area contributed by atoms with Crippen LogP contribution in [0.3, 0.4) is 0 Å². The van der Waals surface area contributed by atoms with Crippen LogP contribution in [0, 0.1) is 0 Å². The minimum atomic E-state index is -4.95. The van der Waals surface area contributed by atoms with Gasteiger partial charge in [-0.05, 0) is 29.9 Å². The van der Waals surface area contributed by atoms with Gasteiger partial charge in [-0.15, -0.1) is 0 Å². The average Bonchev–Trinajstić information content (AvgIpc) is 2.68. The van der Waals surface area contributed by atoms with E-state index in [4.69, 9.17) is 4.74 Å². The highest BCUT2D eigenvalue weighted by atomic mass is 19.4. The van der Waals surface area contributed by atoms with Gasteiger partial charge in [0.25, 0.3) is 0 Å². The van der Waals surface area contributed by atoms with Crippen LogP contribution >= 0.6 is 0 Å². The number of benzene rings is 2. The van der Waals surface area contributed by atoms with E-state index in [2.05, 4.69) is 0 Å². The number of para-hydroxylation sites is 1. The molecule has 2 aromatic carbocycles. The predicted molar refractivity (Wildman–Crippen MR) is 99.9 cm³/mol. The van der Waals surface area contributed by atoms with Crippen molar-refractivity contribution >= 4 is 23.2 Å². The standard InChI is InChI=1S/C22H15F3O3/c1-28-19-9-5-4-8-17(19)18-13-12-15(26)11-10-14-6-2-3-7-16(14)21(27)20(18)22(23,24)25/h2-13H,1H3/b11-10-,13-12-,20-18-. The van der Waals surface area contributed by atoms with Gasteiger partial charge in [-0.2, -0.15) is 13.2 Å². The minimum absolute atomic E-state index is 0.0664. The van der Waals surface area contributed by atoms with Gasteiger partial charge in [0.1, 0.15) is 11.3 Å². The Morgan fingerprint density at radius 1 is 0.786 bits per heavy atom. The zero-order chi connectivity index (χ0) is 20.3. The summed E-state index contributed by atoms with van der Waals surface area (Å²) in [5.74, 6) is -1.52. The van der Waals surface area contributed by atoms with Gasteiger partial charge in [-0.3, -0.25) is 9.59 Å². The van der Waals surface area contributed by atoms with Crippen LogP contribution in [0.15, 0.2) is 72.3 Å². The molecule has 0 amide bonds. The molecule has 0 saturated heterocycles. The maximum atomic E-state index is 14.0. The zero-order valence-corrected chi connectivity index (χ0v) is 14.8. The monoisotopic (exact) mass is 384 g/mol. The van der Waals surface area contributed by atoms with Crippen LogP contribution in [-0.4, -0.2) is 24.9 Å². The van der Waals surface area contributed by atoms with Gasteiger partial charge in [0.2, 0.25) is 0 Å². The van der Waals surface area contributed by atoms with Crippen LogP contribution in [-0.2, 0) is 4.79 Å². The van der Waals surface area contributed by atoms with Crippen LogP contribution in [0.2, 0.25) is 0 Å². The lowest BCUT2D eigenvalue weighted by molar-refractivity contribution is -0.110. The van der Waals surface area contributed by atoms with Crippen LogP contribution in [0.25, 0.3) is 11.6 Å². The van der Waals surface area contributed by atoms with Crippen LogP contribution in [0.4, 0.5) is 13.2 Å². The maximum Gasteiger partial charge on any atom is 0.420 e. The molecule has 0 aromatic heterocycles. The summed E-state index contributed by atoms with van der Waals surface area (Å²) in [7, 11) is 1.32. The largest absolute Gasteiger partial charge is 0.496 e. The van der Waals surface area contributed by atoms with E-state index in [-0.39, 0.29) is 22.4 Å². The second-order valence-corrected chi connectivity index (χ2v) is 5.97. The molecule has 0 radical (unpaired) electrons. The first kappa shape index (κ1) is 19.4. The van der Waals surface area contributed by atoms with Crippen molar-refractivity contribution in [2.75, 3.05) is 7.11 Å². The summed E-state index contributed by atoms with van der Waals surface area (Å²) in [6, 6.07) is 11.9. The molecule has 0 fully saturated rings. The lowest BCUT2D eigenvalue weighted by Crippen LogP contribution is -2.23. The molecule has 0 bridgehead atoms. The number of alkyl halides is 3. The summed E-state index contributed by atoms with van der Waals surface area (Å²) in [6.07, 6.45) is -0.385. The Morgan fingerprint density at radius 2 is 1.39 bits per heavy atom. The van der Waals surface area contributed by atoms with E-state index in [1.807, 2.05) is 0 Å². The highest BCUT2D eigenvalue weighted by molar-refractivity contribution is 6.18. The minimum Gasteiger partial charge on any atom is -0.496 e. The molecular formula is C22H15F3O3. The number of hydrogen-bond acceptors (Lipinski definition) is 3. The third kappa shape index (κ3) is 3.81. The Bertz CT molecular complexity index is 1030. The molecule has 0 heterocycles. The molecular weight excluding hydrogens is 369 g/mol. The third-order valence-electron chi connectivity index (χ3n) is 4.22. The van der Waals surface area contributed by atoms with Gasteiger partial charge < -0.3 is 4.74 Å². The predicted octanol–water partition coefficient (Wildman–Crippen LogP) is 5.05. The Labute approximate surface area is 159 Å². The number of ketones is 2. The molecule has 2 aromatic rings. The molecule has 0 aliphatic heterocycles. The average molecular weight is 384 g/mol. The molecule has 3 nitrogen and oxygen atoms in total. The normalized spacial score (nSPS) is 19.7. The Hall–Kier alpha value is -3.41. The fourth-order valence-electron chi connectivity index (χ4n) is 2.96. The van der Waals surface area contributed by atoms with E-state index in [9.17, 15) is 22.8 Å². The summed E-state index contributed by atoms with van der Waals surface area (Å²) in [5, 5.41) is 0. The SMILES string of the molecule is COc1ccccc1C1=C(\C(F)(F)F)C(=O)c2ccccc2/C=C\C(=O)/C=C\1. The van der Waals surface area contributed by atoms with Gasteiger partial charge in [0.05, 0.1) is 7.11 Å². The molecule has 142 valence electrons. The summed E-state index contributed by atoms with van der Waals surface area (Å²) in [4.78, 5) is 25.1. The first-order valence-corrected chi connectivity index (χ1v) is 8.31. The first-order valence-electron chi connectivity index (χ1n) is 8.31. The van der Waals surface area contributed by atoms with E-state index < -0.39 is 28.9 Å². The topological polar surface area (TPSA) is 43.4 Å². The Kier molecular flexibility index (Phi) is 5.31. The lowest BCUT2D eigenvalue weighted by atomic mass is 9.89. The van der Waals surface area contributed by atoms with E-state index >= 15 is 0 Å². The number of fused-ring (bicyclic) bond motifs is 1. The number of carbonyl (C=O) groups excluding carboxylic acids is 2. The molecule has 0 spiro atoms. The van der Waals surface area contributed by atoms with Crippen LogP contribution in [0.1, 0.15) is 21.5 Å². The van der Waals surface area contributed by atoms with Crippen molar-refractivity contribution in [2.45, 2.75) is 6.18 Å². The van der Waals surface area contributed by atoms with E-state index in [1.165, 1.54) is 55.7 Å². The van der Waals surface area contributed by atoms with Crippen molar-refractivity contribution in [3.05, 3.63) is 89.0 Å². The number of methoxy groups -OCH3 is 1. The Morgan fingerprint density at radius 3 is 2.07 bits per heavy atom. The number of hydrogen-bond donors (Lipinski definition) is 0. The molecule has 1 aliphatic carbocycles. The number of Topliss-reactive ketones (excluding diaryl/α,β-unsaturated/α-hetero) is 1. The highest BCUT2D eigenvalue weighted by Gasteiger charge is 2.42. The molecule has 1 aliphatic rings. The number of halogens is 3. The van der Waals surface area contributed by atoms with Crippen molar-refractivity contribution in [1.82, 2.24) is 0 Å². The Balaban J connectivity index is 2.41. The third-order valence-corrected chi connectivity index (χ3v) is 4.22. The summed E-state index contributed by atoms with van der Waals surface area (Å²) in [6.45, 7) is 0. The van der Waals surface area contributed by atoms with Crippen molar-refractivity contribution in [1.29, 1.82) is 0 Å². The first-order chi connectivity index (χ1) is 13.3. The fraction of sp³-hybridized carbons (Fsp3) is 0.0909. The zero-order valence-electron chi connectivity index (χ0n) is 14.8. The van der Waals surface area contributed by atoms with Gasteiger partial charge in [0, 0.05) is 16.7 Å². The number of rotatable bonds is 2. The van der Waals surface area contributed by atoms with E-state index in [0.717, 1.165) is 12.2 Å². The van der Waals surface area contributed by atoms with Gasteiger partial charge in [0.15, 0.2) is 11.6 Å².